The van der Waals surface area contributed by atoms with Crippen molar-refractivity contribution >= 4 is 28.0 Å². The van der Waals surface area contributed by atoms with Crippen LogP contribution in [0.2, 0.25) is 0 Å². The Bertz CT molecular complexity index is 625. The first-order chi connectivity index (χ1) is 10.1. The van der Waals surface area contributed by atoms with E-state index < -0.39 is 5.97 Å². The van der Waals surface area contributed by atoms with Gasteiger partial charge in [-0.15, -0.1) is 11.3 Å². The monoisotopic (exact) mass is 306 g/mol. The molecule has 0 amide bonds. The summed E-state index contributed by atoms with van der Waals surface area (Å²) in [6, 6.07) is 10.0. The smallest absolute Gasteiger partial charge is 0.350 e. The zero-order chi connectivity index (χ0) is 15.4. The number of methoxy groups -OCH3 is 2. The van der Waals surface area contributed by atoms with Crippen LogP contribution in [0.1, 0.15) is 15.2 Å². The molecule has 2 aromatic rings. The molecule has 0 aliphatic heterocycles. The molecule has 21 heavy (non-hydrogen) atoms. The molecule has 2 N–H and O–H groups in total. The highest BCUT2D eigenvalue weighted by atomic mass is 32.1. The number of nitrogens with zero attached hydrogens (tertiary/aromatic N) is 1. The standard InChI is InChI=1S/C15H18N2O3S/c1-17(9-10-7-5-4-6-8-10)14-12(19-2)11(16)13(21-14)15(18)20-3/h4-8H,9,16H2,1-3H3. The Labute approximate surface area is 127 Å². The number of rotatable bonds is 5. The average Bonchev–Trinajstić information content (AvgIpc) is 2.84. The second kappa shape index (κ2) is 6.49. The topological polar surface area (TPSA) is 64.8 Å². The lowest BCUT2D eigenvalue weighted by Gasteiger charge is -2.18. The lowest BCUT2D eigenvalue weighted by Crippen LogP contribution is -2.15. The van der Waals surface area contributed by atoms with Gasteiger partial charge >= 0.3 is 5.97 Å². The van der Waals surface area contributed by atoms with Crippen LogP contribution in [0.4, 0.5) is 10.7 Å². The van der Waals surface area contributed by atoms with Crippen molar-refractivity contribution in [2.75, 3.05) is 31.9 Å². The third-order valence-electron chi connectivity index (χ3n) is 3.07. The molecule has 0 aliphatic rings. The fraction of sp³-hybridized carbons (Fsp3) is 0.267. The molecule has 0 radical (unpaired) electrons. The zero-order valence-corrected chi connectivity index (χ0v) is 13.1. The van der Waals surface area contributed by atoms with Crippen molar-refractivity contribution in [2.45, 2.75) is 6.54 Å². The van der Waals surface area contributed by atoms with Crippen molar-refractivity contribution in [2.24, 2.45) is 0 Å². The van der Waals surface area contributed by atoms with Crippen molar-refractivity contribution in [3.05, 3.63) is 40.8 Å². The lowest BCUT2D eigenvalue weighted by molar-refractivity contribution is 0.0607. The van der Waals surface area contributed by atoms with E-state index in [0.29, 0.717) is 22.9 Å². The summed E-state index contributed by atoms with van der Waals surface area (Å²) in [6.45, 7) is 0.692. The van der Waals surface area contributed by atoms with E-state index in [1.807, 2.05) is 42.3 Å². The number of benzene rings is 1. The molecule has 0 saturated carbocycles. The Morgan fingerprint density at radius 2 is 1.95 bits per heavy atom. The minimum absolute atomic E-state index is 0.323. The van der Waals surface area contributed by atoms with Crippen LogP contribution in [-0.4, -0.2) is 27.2 Å². The maximum absolute atomic E-state index is 11.7. The molecule has 1 aromatic heterocycles. The number of carbonyl (C=O) groups is 1. The highest BCUT2D eigenvalue weighted by Crippen LogP contribution is 2.44. The number of hydrogen-bond donors (Lipinski definition) is 1. The van der Waals surface area contributed by atoms with E-state index >= 15 is 0 Å². The summed E-state index contributed by atoms with van der Waals surface area (Å²) in [5.74, 6) is 0.0639. The van der Waals surface area contributed by atoms with E-state index in [2.05, 4.69) is 0 Å². The van der Waals surface area contributed by atoms with Crippen LogP contribution >= 0.6 is 11.3 Å². The van der Waals surface area contributed by atoms with Gasteiger partial charge in [0.05, 0.1) is 14.2 Å². The summed E-state index contributed by atoms with van der Waals surface area (Å²) >= 11 is 1.27. The molecule has 112 valence electrons. The Morgan fingerprint density at radius 1 is 1.29 bits per heavy atom. The molecule has 0 spiro atoms. The van der Waals surface area contributed by atoms with Crippen LogP contribution in [0.15, 0.2) is 30.3 Å². The van der Waals surface area contributed by atoms with Crippen LogP contribution in [-0.2, 0) is 11.3 Å². The third-order valence-corrected chi connectivity index (χ3v) is 4.35. The normalized spacial score (nSPS) is 10.2. The van der Waals surface area contributed by atoms with Crippen LogP contribution < -0.4 is 15.4 Å². The first kappa shape index (κ1) is 15.2. The molecule has 0 fully saturated rings. The lowest BCUT2D eigenvalue weighted by atomic mass is 10.2. The van der Waals surface area contributed by atoms with Crippen LogP contribution in [0.25, 0.3) is 0 Å². The second-order valence-electron chi connectivity index (χ2n) is 4.52. The van der Waals surface area contributed by atoms with Gasteiger partial charge in [0.25, 0.3) is 0 Å². The van der Waals surface area contributed by atoms with Crippen LogP contribution in [0.3, 0.4) is 0 Å². The number of ether oxygens (including phenoxy) is 2. The second-order valence-corrected chi connectivity index (χ2v) is 5.52. The number of hydrogen-bond acceptors (Lipinski definition) is 6. The molecule has 1 heterocycles. The summed E-state index contributed by atoms with van der Waals surface area (Å²) in [5.41, 5.74) is 7.46. The Balaban J connectivity index is 2.32. The molecular weight excluding hydrogens is 288 g/mol. The Morgan fingerprint density at radius 3 is 2.52 bits per heavy atom. The summed E-state index contributed by atoms with van der Waals surface area (Å²) in [6.07, 6.45) is 0. The Hall–Kier alpha value is -2.21. The van der Waals surface area contributed by atoms with Crippen molar-refractivity contribution in [3.8, 4) is 5.75 Å². The van der Waals surface area contributed by atoms with Gasteiger partial charge in [-0.3, -0.25) is 0 Å². The minimum atomic E-state index is -0.449. The zero-order valence-electron chi connectivity index (χ0n) is 12.3. The molecule has 0 bridgehead atoms. The number of esters is 1. The van der Waals surface area contributed by atoms with Gasteiger partial charge in [0, 0.05) is 13.6 Å². The van der Waals surface area contributed by atoms with E-state index in [1.54, 1.807) is 7.11 Å². The van der Waals surface area contributed by atoms with Crippen molar-refractivity contribution in [3.63, 3.8) is 0 Å². The summed E-state index contributed by atoms with van der Waals surface area (Å²) in [7, 11) is 4.81. The van der Waals surface area contributed by atoms with Gasteiger partial charge in [-0.1, -0.05) is 30.3 Å². The molecule has 2 rings (SSSR count). The van der Waals surface area contributed by atoms with Crippen LogP contribution in [0.5, 0.6) is 5.75 Å². The summed E-state index contributed by atoms with van der Waals surface area (Å²) in [5, 5.41) is 0.805. The Kier molecular flexibility index (Phi) is 4.70. The maximum Gasteiger partial charge on any atom is 0.350 e. The molecule has 0 atom stereocenters. The molecule has 0 saturated heterocycles. The van der Waals surface area contributed by atoms with Gasteiger partial charge in [0.2, 0.25) is 0 Å². The van der Waals surface area contributed by atoms with E-state index in [4.69, 9.17) is 15.2 Å². The first-order valence-electron chi connectivity index (χ1n) is 6.38. The largest absolute Gasteiger partial charge is 0.492 e. The van der Waals surface area contributed by atoms with Crippen molar-refractivity contribution in [1.29, 1.82) is 0 Å². The van der Waals surface area contributed by atoms with E-state index in [0.717, 1.165) is 10.6 Å². The molecular formula is C15H18N2O3S. The highest BCUT2D eigenvalue weighted by Gasteiger charge is 2.24. The van der Waals surface area contributed by atoms with Gasteiger partial charge in [0.1, 0.15) is 15.6 Å². The number of carbonyl (C=O) groups excluding carboxylic acids is 1. The molecule has 0 unspecified atom stereocenters. The third kappa shape index (κ3) is 3.11. The fourth-order valence-corrected chi connectivity index (χ4v) is 3.11. The van der Waals surface area contributed by atoms with E-state index in [9.17, 15) is 4.79 Å². The van der Waals surface area contributed by atoms with Gasteiger partial charge in [-0.2, -0.15) is 0 Å². The van der Waals surface area contributed by atoms with Gasteiger partial charge in [-0.05, 0) is 5.56 Å². The van der Waals surface area contributed by atoms with Crippen molar-refractivity contribution < 1.29 is 14.3 Å². The predicted molar refractivity (Wildman–Crippen MR) is 85.2 cm³/mol. The van der Waals surface area contributed by atoms with Gasteiger partial charge in [0.15, 0.2) is 5.75 Å². The van der Waals surface area contributed by atoms with Crippen LogP contribution in [0, 0.1) is 0 Å². The number of thiophene rings is 1. The molecule has 1 aromatic carbocycles. The predicted octanol–water partition coefficient (Wildman–Crippen LogP) is 2.76. The molecule has 6 heteroatoms. The fourth-order valence-electron chi connectivity index (χ4n) is 2.04. The van der Waals surface area contributed by atoms with Gasteiger partial charge < -0.3 is 20.1 Å². The first-order valence-corrected chi connectivity index (χ1v) is 7.19. The average molecular weight is 306 g/mol. The van der Waals surface area contributed by atoms with Crippen molar-refractivity contribution in [1.82, 2.24) is 0 Å². The highest BCUT2D eigenvalue weighted by molar-refractivity contribution is 7.19. The quantitative estimate of drug-likeness (QED) is 0.861. The SMILES string of the molecule is COC(=O)c1sc(N(C)Cc2ccccc2)c(OC)c1N. The summed E-state index contributed by atoms with van der Waals surface area (Å²) in [4.78, 5) is 14.1. The van der Waals surface area contributed by atoms with E-state index in [1.165, 1.54) is 18.4 Å². The number of nitrogen functional groups attached to an aromatic ring is 1. The molecule has 5 nitrogen and oxygen atoms in total. The summed E-state index contributed by atoms with van der Waals surface area (Å²) < 4.78 is 10.1. The maximum atomic E-state index is 11.7. The molecule has 0 aliphatic carbocycles. The van der Waals surface area contributed by atoms with E-state index in [-0.39, 0.29) is 0 Å². The number of anilines is 2. The van der Waals surface area contributed by atoms with Gasteiger partial charge in [-0.25, -0.2) is 4.79 Å². The minimum Gasteiger partial charge on any atom is -0.492 e. The number of nitrogens with two attached hydrogens (primary N) is 1.